The minimum Gasteiger partial charge on any atom is -0.394 e. The first kappa shape index (κ1) is 10.3. The Kier molecular flexibility index (Phi) is 3.96. The molecule has 0 saturated carbocycles. The third-order valence-corrected chi connectivity index (χ3v) is 1.83. The van der Waals surface area contributed by atoms with Gasteiger partial charge in [-0.15, -0.1) is 0 Å². The van der Waals surface area contributed by atoms with Crippen LogP contribution < -0.4 is 5.73 Å². The van der Waals surface area contributed by atoms with Crippen molar-refractivity contribution in [1.82, 2.24) is 0 Å². The second-order valence-electron chi connectivity index (χ2n) is 2.76. The van der Waals surface area contributed by atoms with E-state index < -0.39 is 0 Å². The van der Waals surface area contributed by atoms with Gasteiger partial charge in [0.15, 0.2) is 0 Å². The monoisotopic (exact) mass is 197 g/mol. The molecule has 1 unspecified atom stereocenters. The van der Waals surface area contributed by atoms with Crippen molar-refractivity contribution in [3.63, 3.8) is 0 Å². The maximum Gasteiger partial charge on any atom is 0.0618 e. The zero-order chi connectivity index (χ0) is 9.68. The molecule has 0 aliphatic rings. The number of benzene rings is 1. The van der Waals surface area contributed by atoms with Crippen molar-refractivity contribution in [1.29, 1.82) is 0 Å². The Morgan fingerprint density at radius 3 is 2.92 bits per heavy atom. The van der Waals surface area contributed by atoms with E-state index in [9.17, 15) is 0 Å². The van der Waals surface area contributed by atoms with Gasteiger partial charge in [0.1, 0.15) is 0 Å². The average Bonchev–Trinajstić information content (AvgIpc) is 2.14. The van der Waals surface area contributed by atoms with Gasteiger partial charge in [0.25, 0.3) is 0 Å². The minimum atomic E-state index is -0.306. The molecule has 0 aliphatic carbocycles. The van der Waals surface area contributed by atoms with Crippen molar-refractivity contribution in [2.75, 3.05) is 6.61 Å². The van der Waals surface area contributed by atoms with E-state index >= 15 is 0 Å². The molecule has 1 aromatic carbocycles. The summed E-state index contributed by atoms with van der Waals surface area (Å²) in [4.78, 5) is 0. The number of rotatable bonds is 3. The van der Waals surface area contributed by atoms with E-state index in [1.54, 1.807) is 6.08 Å². The van der Waals surface area contributed by atoms with Crippen molar-refractivity contribution >= 4 is 17.7 Å². The Morgan fingerprint density at radius 1 is 1.54 bits per heavy atom. The van der Waals surface area contributed by atoms with E-state index in [1.165, 1.54) is 0 Å². The molecule has 3 N–H and O–H groups in total. The lowest BCUT2D eigenvalue weighted by Gasteiger charge is -1.99. The van der Waals surface area contributed by atoms with Crippen LogP contribution in [0.1, 0.15) is 5.56 Å². The Balaban J connectivity index is 2.68. The lowest BCUT2D eigenvalue weighted by atomic mass is 10.2. The van der Waals surface area contributed by atoms with Crippen LogP contribution in [0.5, 0.6) is 0 Å². The summed E-state index contributed by atoms with van der Waals surface area (Å²) in [5, 5.41) is 9.36. The number of hydrogen-bond donors (Lipinski definition) is 2. The molecule has 0 aliphatic heterocycles. The summed E-state index contributed by atoms with van der Waals surface area (Å²) in [5.41, 5.74) is 6.47. The highest BCUT2D eigenvalue weighted by atomic mass is 35.5. The molecule has 0 heterocycles. The first-order valence-corrected chi connectivity index (χ1v) is 4.40. The summed E-state index contributed by atoms with van der Waals surface area (Å²) in [6.45, 7) is -0.0446. The topological polar surface area (TPSA) is 46.2 Å². The Morgan fingerprint density at radius 2 is 2.31 bits per heavy atom. The van der Waals surface area contributed by atoms with Crippen molar-refractivity contribution < 1.29 is 5.11 Å². The van der Waals surface area contributed by atoms with Gasteiger partial charge in [0.2, 0.25) is 0 Å². The molecule has 1 rings (SSSR count). The second-order valence-corrected chi connectivity index (χ2v) is 3.20. The third kappa shape index (κ3) is 3.59. The van der Waals surface area contributed by atoms with Crippen LogP contribution in [0.15, 0.2) is 30.3 Å². The highest BCUT2D eigenvalue weighted by molar-refractivity contribution is 6.30. The number of halogens is 1. The molecule has 0 bridgehead atoms. The van der Waals surface area contributed by atoms with Crippen molar-refractivity contribution in [3.8, 4) is 0 Å². The summed E-state index contributed by atoms with van der Waals surface area (Å²) in [5.74, 6) is 0. The van der Waals surface area contributed by atoms with Gasteiger partial charge in [-0.25, -0.2) is 0 Å². The smallest absolute Gasteiger partial charge is 0.0618 e. The third-order valence-electron chi connectivity index (χ3n) is 1.60. The van der Waals surface area contributed by atoms with Gasteiger partial charge in [-0.3, -0.25) is 0 Å². The van der Waals surface area contributed by atoms with Crippen LogP contribution in [-0.4, -0.2) is 17.8 Å². The highest BCUT2D eigenvalue weighted by Crippen LogP contribution is 2.11. The molecule has 0 spiro atoms. The number of hydrogen-bond acceptors (Lipinski definition) is 2. The van der Waals surface area contributed by atoms with E-state index in [0.29, 0.717) is 5.02 Å². The van der Waals surface area contributed by atoms with E-state index in [0.717, 1.165) is 5.56 Å². The molecule has 13 heavy (non-hydrogen) atoms. The van der Waals surface area contributed by atoms with Gasteiger partial charge in [-0.2, -0.15) is 0 Å². The molecule has 1 aromatic rings. The maximum atomic E-state index is 8.67. The molecule has 2 nitrogen and oxygen atoms in total. The van der Waals surface area contributed by atoms with Crippen molar-refractivity contribution in [2.24, 2.45) is 5.73 Å². The van der Waals surface area contributed by atoms with Crippen LogP contribution >= 0.6 is 11.6 Å². The van der Waals surface area contributed by atoms with Gasteiger partial charge < -0.3 is 10.8 Å². The molecule has 70 valence electrons. The van der Waals surface area contributed by atoms with Crippen LogP contribution in [-0.2, 0) is 0 Å². The van der Waals surface area contributed by atoms with Crippen molar-refractivity contribution in [3.05, 3.63) is 40.9 Å². The summed E-state index contributed by atoms with van der Waals surface area (Å²) in [6.07, 6.45) is 3.58. The predicted molar refractivity (Wildman–Crippen MR) is 55.5 cm³/mol. The molecule has 0 saturated heterocycles. The normalized spacial score (nSPS) is 13.5. The number of nitrogens with two attached hydrogens (primary N) is 1. The summed E-state index contributed by atoms with van der Waals surface area (Å²) < 4.78 is 0. The fourth-order valence-electron chi connectivity index (χ4n) is 0.906. The van der Waals surface area contributed by atoms with E-state index in [2.05, 4.69) is 0 Å². The second kappa shape index (κ2) is 5.02. The van der Waals surface area contributed by atoms with Crippen LogP contribution in [0.25, 0.3) is 6.08 Å². The molecule has 0 amide bonds. The van der Waals surface area contributed by atoms with Gasteiger partial charge >= 0.3 is 0 Å². The number of aliphatic hydroxyl groups excluding tert-OH is 1. The van der Waals surface area contributed by atoms with Crippen LogP contribution in [0.2, 0.25) is 5.02 Å². The maximum absolute atomic E-state index is 8.67. The standard InChI is InChI=1S/C10H12ClNO/c11-9-3-1-2-8(6-9)4-5-10(12)7-13/h1-6,10,13H,7,12H2/b5-4+. The van der Waals surface area contributed by atoms with E-state index in [4.69, 9.17) is 22.4 Å². The first-order valence-electron chi connectivity index (χ1n) is 4.02. The molecule has 3 heteroatoms. The van der Waals surface area contributed by atoms with Gasteiger partial charge in [0, 0.05) is 11.1 Å². The quantitative estimate of drug-likeness (QED) is 0.775. The zero-order valence-corrected chi connectivity index (χ0v) is 7.91. The van der Waals surface area contributed by atoms with Crippen molar-refractivity contribution in [2.45, 2.75) is 6.04 Å². The predicted octanol–water partition coefficient (Wildman–Crippen LogP) is 1.67. The van der Waals surface area contributed by atoms with Crippen LogP contribution in [0, 0.1) is 0 Å². The van der Waals surface area contributed by atoms with E-state index in [1.807, 2.05) is 30.3 Å². The van der Waals surface area contributed by atoms with Gasteiger partial charge in [0.05, 0.1) is 6.61 Å². The molecule has 0 radical (unpaired) electrons. The largest absolute Gasteiger partial charge is 0.394 e. The summed E-state index contributed by atoms with van der Waals surface area (Å²) in [6, 6.07) is 7.13. The van der Waals surface area contributed by atoms with Gasteiger partial charge in [-0.05, 0) is 17.7 Å². The minimum absolute atomic E-state index is 0.0446. The fraction of sp³-hybridized carbons (Fsp3) is 0.200. The van der Waals surface area contributed by atoms with E-state index in [-0.39, 0.29) is 12.6 Å². The van der Waals surface area contributed by atoms with Crippen LogP contribution in [0.3, 0.4) is 0 Å². The first-order chi connectivity index (χ1) is 6.22. The lowest BCUT2D eigenvalue weighted by molar-refractivity contribution is 0.284. The SMILES string of the molecule is NC(/C=C/c1cccc(Cl)c1)CO. The van der Waals surface area contributed by atoms with Crippen LogP contribution in [0.4, 0.5) is 0 Å². The Labute approximate surface area is 82.6 Å². The highest BCUT2D eigenvalue weighted by Gasteiger charge is 1.93. The molecule has 0 aromatic heterocycles. The molecular formula is C10H12ClNO. The summed E-state index contributed by atoms with van der Waals surface area (Å²) in [7, 11) is 0. The Hall–Kier alpha value is -0.830. The fourth-order valence-corrected chi connectivity index (χ4v) is 1.10. The average molecular weight is 198 g/mol. The molecule has 0 fully saturated rings. The lowest BCUT2D eigenvalue weighted by Crippen LogP contribution is -2.20. The van der Waals surface area contributed by atoms with Gasteiger partial charge in [-0.1, -0.05) is 35.9 Å². The summed E-state index contributed by atoms with van der Waals surface area (Å²) >= 11 is 5.78. The Bertz CT molecular complexity index is 299. The molecular weight excluding hydrogens is 186 g/mol. The zero-order valence-electron chi connectivity index (χ0n) is 7.15. The number of aliphatic hydroxyl groups is 1. The molecule has 1 atom stereocenters.